The molecule has 0 saturated heterocycles. The molecule has 0 radical (unpaired) electrons. The Bertz CT molecular complexity index is 556. The Morgan fingerprint density at radius 2 is 1.74 bits per heavy atom. The Morgan fingerprint density at radius 3 is 2.39 bits per heavy atom. The lowest BCUT2D eigenvalue weighted by Gasteiger charge is -2.15. The number of ether oxygens (including phenoxy) is 1. The molecule has 1 aliphatic rings. The second kappa shape index (κ2) is 8.70. The van der Waals surface area contributed by atoms with Crippen molar-refractivity contribution in [3.63, 3.8) is 0 Å². The van der Waals surface area contributed by atoms with Gasteiger partial charge in [-0.05, 0) is 69.7 Å². The van der Waals surface area contributed by atoms with Crippen molar-refractivity contribution in [3.05, 3.63) is 29.3 Å². The van der Waals surface area contributed by atoms with E-state index in [4.69, 9.17) is 4.74 Å². The van der Waals surface area contributed by atoms with Crippen LogP contribution in [0.4, 0.5) is 0 Å². The summed E-state index contributed by atoms with van der Waals surface area (Å²) in [5, 5.41) is 4.32. The number of hydrogen-bond donors (Lipinski definition) is 1. The number of hydrazone groups is 1. The molecule has 126 valence electrons. The van der Waals surface area contributed by atoms with E-state index in [0.717, 1.165) is 24.1 Å². The van der Waals surface area contributed by atoms with Gasteiger partial charge in [0.05, 0.1) is 0 Å². The summed E-state index contributed by atoms with van der Waals surface area (Å²) >= 11 is 0. The highest BCUT2D eigenvalue weighted by molar-refractivity contribution is 5.87. The van der Waals surface area contributed by atoms with E-state index in [-0.39, 0.29) is 5.91 Å². The van der Waals surface area contributed by atoms with Gasteiger partial charge in [0.15, 0.2) is 6.10 Å². The number of amides is 1. The predicted octanol–water partition coefficient (Wildman–Crippen LogP) is 4.29. The van der Waals surface area contributed by atoms with Crippen molar-refractivity contribution >= 4 is 11.6 Å². The average molecular weight is 316 g/mol. The van der Waals surface area contributed by atoms with Gasteiger partial charge in [0.25, 0.3) is 5.91 Å². The molecule has 2 rings (SSSR count). The normalized spacial score (nSPS) is 16.9. The Hall–Kier alpha value is -1.84. The van der Waals surface area contributed by atoms with Gasteiger partial charge in [0, 0.05) is 5.71 Å². The molecule has 0 bridgehead atoms. The minimum absolute atomic E-state index is 0.196. The van der Waals surface area contributed by atoms with Crippen LogP contribution in [0.3, 0.4) is 0 Å². The highest BCUT2D eigenvalue weighted by Crippen LogP contribution is 2.18. The van der Waals surface area contributed by atoms with Crippen LogP contribution in [-0.2, 0) is 4.79 Å². The van der Waals surface area contributed by atoms with Crippen molar-refractivity contribution in [2.45, 2.75) is 71.8 Å². The number of nitrogens with zero attached hydrogens (tertiary/aromatic N) is 1. The maximum absolute atomic E-state index is 12.2. The molecule has 1 N–H and O–H groups in total. The number of rotatable bonds is 4. The van der Waals surface area contributed by atoms with Crippen molar-refractivity contribution in [2.24, 2.45) is 5.10 Å². The maximum Gasteiger partial charge on any atom is 0.280 e. The summed E-state index contributed by atoms with van der Waals surface area (Å²) in [6.45, 7) is 5.84. The number of carbonyl (C=O) groups is 1. The van der Waals surface area contributed by atoms with E-state index in [1.165, 1.54) is 37.7 Å². The van der Waals surface area contributed by atoms with Crippen molar-refractivity contribution in [1.29, 1.82) is 0 Å². The molecule has 0 heterocycles. The van der Waals surface area contributed by atoms with Crippen LogP contribution in [0.5, 0.6) is 5.75 Å². The number of aryl methyl sites for hydroxylation is 2. The zero-order valence-corrected chi connectivity index (χ0v) is 14.5. The third-order valence-electron chi connectivity index (χ3n) is 4.42. The summed E-state index contributed by atoms with van der Waals surface area (Å²) in [5.74, 6) is 0.521. The number of nitrogens with one attached hydrogen (secondary N) is 1. The zero-order valence-electron chi connectivity index (χ0n) is 14.5. The molecule has 1 atom stereocenters. The minimum atomic E-state index is -0.560. The number of carbonyl (C=O) groups excluding carboxylic acids is 1. The molecule has 1 unspecified atom stereocenters. The van der Waals surface area contributed by atoms with Crippen LogP contribution in [0.25, 0.3) is 0 Å². The summed E-state index contributed by atoms with van der Waals surface area (Å²) in [4.78, 5) is 12.2. The second-order valence-electron chi connectivity index (χ2n) is 6.43. The summed E-state index contributed by atoms with van der Waals surface area (Å²) in [6, 6.07) is 5.86. The average Bonchev–Trinajstić information content (AvgIpc) is 2.49. The molecule has 1 saturated carbocycles. The van der Waals surface area contributed by atoms with Gasteiger partial charge in [-0.25, -0.2) is 5.43 Å². The molecule has 1 aliphatic carbocycles. The Balaban J connectivity index is 1.87. The molecule has 0 spiro atoms. The van der Waals surface area contributed by atoms with Crippen LogP contribution in [0, 0.1) is 13.8 Å². The van der Waals surface area contributed by atoms with Crippen molar-refractivity contribution in [1.82, 2.24) is 5.43 Å². The second-order valence-corrected chi connectivity index (χ2v) is 6.43. The third-order valence-corrected chi connectivity index (χ3v) is 4.42. The first-order valence-corrected chi connectivity index (χ1v) is 8.65. The van der Waals surface area contributed by atoms with E-state index >= 15 is 0 Å². The monoisotopic (exact) mass is 316 g/mol. The molecule has 1 amide bonds. The van der Waals surface area contributed by atoms with Crippen molar-refractivity contribution in [2.75, 3.05) is 0 Å². The molecule has 1 fully saturated rings. The summed E-state index contributed by atoms with van der Waals surface area (Å²) in [6.07, 6.45) is 7.61. The fraction of sp³-hybridized carbons (Fsp3) is 0.579. The first-order valence-electron chi connectivity index (χ1n) is 8.65. The maximum atomic E-state index is 12.2. The van der Waals surface area contributed by atoms with Crippen LogP contribution < -0.4 is 10.2 Å². The molecule has 4 heteroatoms. The predicted molar refractivity (Wildman–Crippen MR) is 93.9 cm³/mol. The molecule has 4 nitrogen and oxygen atoms in total. The van der Waals surface area contributed by atoms with Crippen LogP contribution in [-0.4, -0.2) is 17.7 Å². The third kappa shape index (κ3) is 5.70. The van der Waals surface area contributed by atoms with Crippen LogP contribution >= 0.6 is 0 Å². The highest BCUT2D eigenvalue weighted by atomic mass is 16.5. The summed E-state index contributed by atoms with van der Waals surface area (Å²) in [7, 11) is 0. The van der Waals surface area contributed by atoms with E-state index in [2.05, 4.69) is 17.5 Å². The van der Waals surface area contributed by atoms with Gasteiger partial charge >= 0.3 is 0 Å². The molecule has 0 aliphatic heterocycles. The lowest BCUT2D eigenvalue weighted by molar-refractivity contribution is -0.127. The van der Waals surface area contributed by atoms with Gasteiger partial charge in [0.1, 0.15) is 5.75 Å². The van der Waals surface area contributed by atoms with Crippen molar-refractivity contribution in [3.8, 4) is 5.75 Å². The molecule has 1 aromatic rings. The quantitative estimate of drug-likeness (QED) is 0.843. The fourth-order valence-electron chi connectivity index (χ4n) is 2.70. The fourth-order valence-corrected chi connectivity index (χ4v) is 2.70. The Kier molecular flexibility index (Phi) is 6.63. The lowest BCUT2D eigenvalue weighted by Crippen LogP contribution is -2.34. The summed E-state index contributed by atoms with van der Waals surface area (Å²) < 4.78 is 5.72. The number of hydrogen-bond acceptors (Lipinski definition) is 3. The molecule has 23 heavy (non-hydrogen) atoms. The summed E-state index contributed by atoms with van der Waals surface area (Å²) in [5.41, 5.74) is 6.15. The zero-order chi connectivity index (χ0) is 16.7. The molecular weight excluding hydrogens is 288 g/mol. The molecular formula is C19H28N2O2. The SMILES string of the molecule is Cc1ccc(OC(C)C(=O)NN=C2CCCCCCC2)cc1C. The van der Waals surface area contributed by atoms with Gasteiger partial charge in [0.2, 0.25) is 0 Å². The molecule has 0 aromatic heterocycles. The van der Waals surface area contributed by atoms with Gasteiger partial charge in [-0.15, -0.1) is 0 Å². The lowest BCUT2D eigenvalue weighted by atomic mass is 9.99. The van der Waals surface area contributed by atoms with Gasteiger partial charge in [-0.2, -0.15) is 5.10 Å². The first-order chi connectivity index (χ1) is 11.1. The molecule has 1 aromatic carbocycles. The van der Waals surface area contributed by atoms with Crippen LogP contribution in [0.1, 0.15) is 63.0 Å². The van der Waals surface area contributed by atoms with Crippen LogP contribution in [0.15, 0.2) is 23.3 Å². The largest absolute Gasteiger partial charge is 0.481 e. The minimum Gasteiger partial charge on any atom is -0.481 e. The van der Waals surface area contributed by atoms with E-state index in [1.807, 2.05) is 25.1 Å². The van der Waals surface area contributed by atoms with E-state index in [1.54, 1.807) is 6.92 Å². The van der Waals surface area contributed by atoms with Crippen LogP contribution in [0.2, 0.25) is 0 Å². The first kappa shape index (κ1) is 17.5. The smallest absolute Gasteiger partial charge is 0.280 e. The van der Waals surface area contributed by atoms with E-state index in [9.17, 15) is 4.79 Å². The van der Waals surface area contributed by atoms with Gasteiger partial charge in [-0.3, -0.25) is 4.79 Å². The highest BCUT2D eigenvalue weighted by Gasteiger charge is 2.15. The van der Waals surface area contributed by atoms with Gasteiger partial charge in [-0.1, -0.05) is 25.3 Å². The standard InChI is InChI=1S/C19H28N2O2/c1-14-11-12-18(13-15(14)2)23-16(3)19(22)21-20-17-9-7-5-4-6-8-10-17/h11-13,16H,4-10H2,1-3H3,(H,21,22). The Morgan fingerprint density at radius 1 is 1.09 bits per heavy atom. The number of benzene rings is 1. The van der Waals surface area contributed by atoms with Crippen molar-refractivity contribution < 1.29 is 9.53 Å². The topological polar surface area (TPSA) is 50.7 Å². The van der Waals surface area contributed by atoms with Gasteiger partial charge < -0.3 is 4.74 Å². The van der Waals surface area contributed by atoms with E-state index < -0.39 is 6.10 Å². The van der Waals surface area contributed by atoms with E-state index in [0.29, 0.717) is 5.75 Å². The Labute approximate surface area is 139 Å².